The van der Waals surface area contributed by atoms with Gasteiger partial charge in [0, 0.05) is 19.3 Å². The van der Waals surface area contributed by atoms with E-state index in [2.05, 4.69) is 191 Å². The first kappa shape index (κ1) is 95.9. The molecule has 0 saturated carbocycles. The van der Waals surface area contributed by atoms with Crippen molar-refractivity contribution in [2.24, 2.45) is 0 Å². The highest BCUT2D eigenvalue weighted by molar-refractivity contribution is 7.47. The molecule has 0 aliphatic rings. The molecule has 0 aromatic carbocycles. The monoisotopic (exact) mass is 1450 g/mol. The maximum absolute atomic E-state index is 13.0. The average molecular weight is 1450 g/mol. The molecule has 0 aromatic heterocycles. The zero-order valence-electron chi connectivity index (χ0n) is 62.5. The van der Waals surface area contributed by atoms with Gasteiger partial charge in [-0.05, 0) is 154 Å². The Morgan fingerprint density at radius 1 is 0.287 bits per heavy atom. The largest absolute Gasteiger partial charge is 0.472 e. The standard InChI is InChI=1S/C83H136O16P2/c1-4-7-10-13-16-19-22-25-28-31-34-37-38-41-43-45-48-51-54-57-60-63-66-69-81(86)93-72-78(84)73-95-100(89,90)96-74-79(85)75-97-101(91,92)98-77-80(99-83(88)71-68-65-62-59-56-53-50-47-44-40-36-33-30-27-24-21-18-15-12-9-6-3)76-94-82(87)70-67-64-61-58-55-52-49-46-42-39-35-32-29-26-23-20-17-14-11-8-5-2/h8-9,11-12,16-21,25-30,34-37,39-41,43,46-47,49-50,78-80,84-85H,4-7,10,13-15,22-24,31-33,38,42,44-45,48,51-77H2,1-3H3,(H,89,90)(H,91,92)/b11-8-,12-9-,19-16-,20-17-,21-18-,28-25-,29-26-,30-27-,37-34-,39-35-,40-36-,43-41-,49-46-,50-47-. The highest BCUT2D eigenvalue weighted by Crippen LogP contribution is 2.45. The number of aliphatic hydroxyl groups is 2. The Balaban J connectivity index is 4.77. The molecule has 0 saturated heterocycles. The predicted octanol–water partition coefficient (Wildman–Crippen LogP) is 22.4. The summed E-state index contributed by atoms with van der Waals surface area (Å²) in [5, 5.41) is 20.6. The average Bonchev–Trinajstić information content (AvgIpc) is 0.972. The lowest BCUT2D eigenvalue weighted by Crippen LogP contribution is -2.30. The number of ether oxygens (including phenoxy) is 3. The zero-order valence-corrected chi connectivity index (χ0v) is 64.3. The third-order valence-corrected chi connectivity index (χ3v) is 17.3. The van der Waals surface area contributed by atoms with Crippen molar-refractivity contribution < 1.29 is 75.8 Å². The zero-order chi connectivity index (χ0) is 73.7. The van der Waals surface area contributed by atoms with Crippen LogP contribution in [0.1, 0.15) is 278 Å². The molecule has 0 aliphatic heterocycles. The van der Waals surface area contributed by atoms with Crippen LogP contribution in [-0.2, 0) is 55.8 Å². The second kappa shape index (κ2) is 74.6. The van der Waals surface area contributed by atoms with E-state index in [1.165, 1.54) is 25.7 Å². The van der Waals surface area contributed by atoms with Gasteiger partial charge in [-0.15, -0.1) is 0 Å². The Hall–Kier alpha value is -5.09. The number of hydrogen-bond donors (Lipinski definition) is 4. The first-order valence-corrected chi connectivity index (χ1v) is 41.4. The molecule has 0 fully saturated rings. The summed E-state index contributed by atoms with van der Waals surface area (Å²) in [6.45, 7) is 2.35. The number of allylic oxidation sites excluding steroid dienone is 28. The minimum absolute atomic E-state index is 0.0702. The third kappa shape index (κ3) is 75.9. The van der Waals surface area contributed by atoms with Gasteiger partial charge in [0.1, 0.15) is 25.4 Å². The van der Waals surface area contributed by atoms with E-state index in [1.54, 1.807) is 0 Å². The van der Waals surface area contributed by atoms with Crippen molar-refractivity contribution in [2.45, 2.75) is 296 Å². The number of rotatable bonds is 71. The fourth-order valence-electron chi connectivity index (χ4n) is 9.61. The quantitative estimate of drug-likeness (QED) is 0.0146. The Kier molecular flexibility index (Phi) is 70.9. The Morgan fingerprint density at radius 2 is 0.525 bits per heavy atom. The fraction of sp³-hybridized carbons (Fsp3) is 0.627. The maximum atomic E-state index is 13.0. The van der Waals surface area contributed by atoms with Gasteiger partial charge in [0.15, 0.2) is 6.10 Å². The number of phosphoric acid groups is 2. The van der Waals surface area contributed by atoms with Crippen LogP contribution in [0.3, 0.4) is 0 Å². The van der Waals surface area contributed by atoms with Gasteiger partial charge in [-0.25, -0.2) is 9.13 Å². The minimum Gasteiger partial charge on any atom is -0.463 e. The molecule has 574 valence electrons. The first-order chi connectivity index (χ1) is 49.2. The molecule has 0 aliphatic carbocycles. The number of esters is 3. The van der Waals surface area contributed by atoms with Crippen LogP contribution in [-0.4, -0.2) is 95.9 Å². The Labute approximate surface area is 612 Å². The number of unbranched alkanes of at least 4 members (excludes halogenated alkanes) is 20. The molecule has 0 rings (SSSR count). The van der Waals surface area contributed by atoms with Crippen LogP contribution in [0.15, 0.2) is 170 Å². The smallest absolute Gasteiger partial charge is 0.463 e. The Bertz CT molecular complexity index is 2520. The summed E-state index contributed by atoms with van der Waals surface area (Å²) in [7, 11) is -9.82. The van der Waals surface area contributed by atoms with Crippen molar-refractivity contribution in [1.82, 2.24) is 0 Å². The highest BCUT2D eigenvalue weighted by Gasteiger charge is 2.29. The SMILES string of the molecule is CC/C=C\C/C=C\C/C=C\C/C=C\C/C=C\CCCCCCCC(=O)OCC(COP(=O)(O)OCC(O)COP(=O)(O)OCC(O)COC(=O)CCCCCCCCC/C=C\C/C=C\C/C=C\C/C=C\CCCCC)OC(=O)CCCCCCC/C=C\C/C=C\C/C=C\C/C=C\C/C=C\CC. The molecule has 0 bridgehead atoms. The molecule has 0 heterocycles. The van der Waals surface area contributed by atoms with Crippen LogP contribution in [0.2, 0.25) is 0 Å². The summed E-state index contributed by atoms with van der Waals surface area (Å²) in [5.41, 5.74) is 0. The molecule has 4 N–H and O–H groups in total. The van der Waals surface area contributed by atoms with Crippen molar-refractivity contribution in [2.75, 3.05) is 39.6 Å². The molecular weight excluding hydrogens is 1310 g/mol. The highest BCUT2D eigenvalue weighted by atomic mass is 31.2. The van der Waals surface area contributed by atoms with Gasteiger partial charge < -0.3 is 34.2 Å². The Morgan fingerprint density at radius 3 is 0.832 bits per heavy atom. The number of carbonyl (C=O) groups is 3. The van der Waals surface area contributed by atoms with Gasteiger partial charge >= 0.3 is 33.6 Å². The summed E-state index contributed by atoms with van der Waals surface area (Å²) in [4.78, 5) is 58.7. The molecule has 101 heavy (non-hydrogen) atoms. The van der Waals surface area contributed by atoms with E-state index in [9.17, 15) is 43.5 Å². The van der Waals surface area contributed by atoms with Crippen molar-refractivity contribution in [3.8, 4) is 0 Å². The fourth-order valence-corrected chi connectivity index (χ4v) is 11.2. The number of aliphatic hydroxyl groups excluding tert-OH is 2. The molecule has 0 radical (unpaired) electrons. The maximum Gasteiger partial charge on any atom is 0.472 e. The van der Waals surface area contributed by atoms with Crippen molar-refractivity contribution >= 4 is 33.6 Å². The molecule has 0 amide bonds. The second-order valence-corrected chi connectivity index (χ2v) is 27.9. The van der Waals surface area contributed by atoms with Gasteiger partial charge in [-0.3, -0.25) is 32.5 Å². The van der Waals surface area contributed by atoms with Gasteiger partial charge in [0.2, 0.25) is 0 Å². The summed E-state index contributed by atoms with van der Waals surface area (Å²) in [6.07, 6.45) is 93.8. The van der Waals surface area contributed by atoms with E-state index < -0.39 is 91.5 Å². The van der Waals surface area contributed by atoms with E-state index in [1.807, 2.05) is 0 Å². The summed E-state index contributed by atoms with van der Waals surface area (Å²) in [5.74, 6) is -1.64. The van der Waals surface area contributed by atoms with Gasteiger partial charge in [0.05, 0.1) is 26.4 Å². The van der Waals surface area contributed by atoms with Crippen LogP contribution in [0.25, 0.3) is 0 Å². The van der Waals surface area contributed by atoms with Gasteiger partial charge in [0.25, 0.3) is 0 Å². The van der Waals surface area contributed by atoms with Crippen LogP contribution in [0.4, 0.5) is 0 Å². The van der Waals surface area contributed by atoms with Crippen LogP contribution in [0, 0.1) is 0 Å². The summed E-state index contributed by atoms with van der Waals surface area (Å²) in [6, 6.07) is 0. The summed E-state index contributed by atoms with van der Waals surface area (Å²) >= 11 is 0. The van der Waals surface area contributed by atoms with E-state index >= 15 is 0 Å². The van der Waals surface area contributed by atoms with E-state index in [0.717, 1.165) is 193 Å². The molecule has 18 heteroatoms. The molecular formula is C83H136O16P2. The topological polar surface area (TPSA) is 231 Å². The normalized spacial score (nSPS) is 15.0. The van der Waals surface area contributed by atoms with Gasteiger partial charge in [-0.1, -0.05) is 274 Å². The second-order valence-electron chi connectivity index (χ2n) is 25.0. The van der Waals surface area contributed by atoms with Crippen LogP contribution in [0.5, 0.6) is 0 Å². The molecule has 0 spiro atoms. The molecule has 5 atom stereocenters. The lowest BCUT2D eigenvalue weighted by Gasteiger charge is -2.21. The lowest BCUT2D eigenvalue weighted by atomic mass is 10.1. The number of hydrogen-bond acceptors (Lipinski definition) is 14. The molecule has 16 nitrogen and oxygen atoms in total. The summed E-state index contributed by atoms with van der Waals surface area (Å²) < 4.78 is 61.1. The first-order valence-electron chi connectivity index (χ1n) is 38.4. The molecule has 0 aromatic rings. The van der Waals surface area contributed by atoms with E-state index in [-0.39, 0.29) is 19.3 Å². The molecule has 5 unspecified atom stereocenters. The third-order valence-electron chi connectivity index (χ3n) is 15.4. The number of phosphoric ester groups is 2. The predicted molar refractivity (Wildman–Crippen MR) is 417 cm³/mol. The van der Waals surface area contributed by atoms with E-state index in [0.29, 0.717) is 19.3 Å². The van der Waals surface area contributed by atoms with Crippen molar-refractivity contribution in [3.63, 3.8) is 0 Å². The van der Waals surface area contributed by atoms with Gasteiger partial charge in [-0.2, -0.15) is 0 Å². The van der Waals surface area contributed by atoms with Crippen molar-refractivity contribution in [1.29, 1.82) is 0 Å². The van der Waals surface area contributed by atoms with Crippen LogP contribution >= 0.6 is 15.6 Å². The van der Waals surface area contributed by atoms with E-state index in [4.69, 9.17) is 32.3 Å². The number of carbonyl (C=O) groups excluding carboxylic acids is 3. The van der Waals surface area contributed by atoms with Crippen molar-refractivity contribution in [3.05, 3.63) is 170 Å². The minimum atomic E-state index is -4.95. The van der Waals surface area contributed by atoms with Crippen LogP contribution < -0.4 is 0 Å². The lowest BCUT2D eigenvalue weighted by molar-refractivity contribution is -0.161.